The highest BCUT2D eigenvalue weighted by atomic mass is 32.1. The molecule has 4 N–H and O–H groups in total. The monoisotopic (exact) mass is 273 g/mol. The first-order valence-electron chi connectivity index (χ1n) is 4.83. The van der Waals surface area contributed by atoms with E-state index in [4.69, 9.17) is 15.6 Å². The van der Waals surface area contributed by atoms with Crippen LogP contribution in [0.4, 0.5) is 0 Å². The number of amides is 2. The molecule has 0 unspecified atom stereocenters. The van der Waals surface area contributed by atoms with Gasteiger partial charge in [0.2, 0.25) is 5.91 Å². The van der Waals surface area contributed by atoms with Gasteiger partial charge in [-0.3, -0.25) is 9.59 Å². The van der Waals surface area contributed by atoms with Crippen molar-refractivity contribution < 1.29 is 24.2 Å². The number of nitrogens with one attached hydrogen (secondary N) is 1. The highest BCUT2D eigenvalue weighted by molar-refractivity contribution is 7.11. The van der Waals surface area contributed by atoms with E-state index in [-0.39, 0.29) is 30.5 Å². The summed E-state index contributed by atoms with van der Waals surface area (Å²) in [7, 11) is 0. The lowest BCUT2D eigenvalue weighted by Crippen LogP contribution is -2.28. The molecule has 1 aromatic rings. The maximum absolute atomic E-state index is 11.5. The first-order valence-corrected chi connectivity index (χ1v) is 5.71. The second kappa shape index (κ2) is 6.67. The third-order valence-corrected chi connectivity index (χ3v) is 2.53. The minimum atomic E-state index is -1.19. The second-order valence-corrected chi connectivity index (χ2v) is 3.98. The van der Waals surface area contributed by atoms with Gasteiger partial charge in [-0.2, -0.15) is 0 Å². The molecule has 1 aromatic heterocycles. The Morgan fingerprint density at radius 1 is 1.50 bits per heavy atom. The molecule has 0 spiro atoms. The van der Waals surface area contributed by atoms with E-state index in [1.54, 1.807) is 0 Å². The summed E-state index contributed by atoms with van der Waals surface area (Å²) in [5.41, 5.74) is 4.67. The molecule has 0 atom stereocenters. The van der Waals surface area contributed by atoms with Gasteiger partial charge in [0, 0.05) is 11.9 Å². The van der Waals surface area contributed by atoms with Gasteiger partial charge in [-0.15, -0.1) is 11.3 Å². The molecule has 1 rings (SSSR count). The lowest BCUT2D eigenvalue weighted by atomic mass is 10.5. The molecule has 98 valence electrons. The number of hydrogen-bond acceptors (Lipinski definition) is 6. The van der Waals surface area contributed by atoms with Gasteiger partial charge in [0.25, 0.3) is 5.91 Å². The molecule has 0 aliphatic carbocycles. The van der Waals surface area contributed by atoms with Crippen LogP contribution in [0, 0.1) is 0 Å². The lowest BCUT2D eigenvalue weighted by Gasteiger charge is -2.02. The average molecular weight is 273 g/mol. The summed E-state index contributed by atoms with van der Waals surface area (Å²) in [5.74, 6) is -2.27. The minimum Gasteiger partial charge on any atom is -0.476 e. The number of carbonyl (C=O) groups is 3. The summed E-state index contributed by atoms with van der Waals surface area (Å²) in [5, 5.41) is 12.4. The van der Waals surface area contributed by atoms with Crippen LogP contribution in [0.25, 0.3) is 0 Å². The number of ether oxygens (including phenoxy) is 1. The molecule has 0 saturated heterocycles. The zero-order valence-corrected chi connectivity index (χ0v) is 10.0. The molecule has 0 aromatic carbocycles. The molecule has 0 fully saturated rings. The van der Waals surface area contributed by atoms with Gasteiger partial charge in [-0.25, -0.2) is 9.78 Å². The van der Waals surface area contributed by atoms with E-state index in [0.29, 0.717) is 0 Å². The Morgan fingerprint density at radius 3 is 2.78 bits per heavy atom. The van der Waals surface area contributed by atoms with E-state index in [1.165, 1.54) is 5.38 Å². The number of aromatic nitrogens is 1. The first-order chi connectivity index (χ1) is 8.50. The van der Waals surface area contributed by atoms with Crippen LogP contribution in [0.15, 0.2) is 5.38 Å². The van der Waals surface area contributed by atoms with E-state index in [9.17, 15) is 14.4 Å². The molecule has 0 bridgehead atoms. The summed E-state index contributed by atoms with van der Waals surface area (Å²) >= 11 is 0.936. The van der Waals surface area contributed by atoms with Crippen LogP contribution in [0.2, 0.25) is 0 Å². The Bertz CT molecular complexity index is 459. The first kappa shape index (κ1) is 14.1. The molecule has 0 radical (unpaired) electrons. The molecular weight excluding hydrogens is 262 g/mol. The molecule has 0 aliphatic rings. The van der Waals surface area contributed by atoms with Gasteiger partial charge >= 0.3 is 5.97 Å². The van der Waals surface area contributed by atoms with E-state index < -0.39 is 17.8 Å². The number of carbonyl (C=O) groups excluding carboxylic acids is 2. The van der Waals surface area contributed by atoms with E-state index in [2.05, 4.69) is 10.3 Å². The summed E-state index contributed by atoms with van der Waals surface area (Å²) in [6.45, 7) is 0.0935. The molecule has 18 heavy (non-hydrogen) atoms. The van der Waals surface area contributed by atoms with Gasteiger partial charge in [0.05, 0.1) is 6.61 Å². The van der Waals surface area contributed by atoms with Crippen molar-refractivity contribution in [3.8, 4) is 0 Å². The third kappa shape index (κ3) is 4.47. The largest absolute Gasteiger partial charge is 0.476 e. The number of nitrogens with two attached hydrogens (primary N) is 1. The zero-order valence-electron chi connectivity index (χ0n) is 9.21. The van der Waals surface area contributed by atoms with Crippen LogP contribution in [0.3, 0.4) is 0 Å². The van der Waals surface area contributed by atoms with Crippen LogP contribution in [-0.4, -0.2) is 47.6 Å². The van der Waals surface area contributed by atoms with Crippen LogP contribution < -0.4 is 11.1 Å². The lowest BCUT2D eigenvalue weighted by molar-refractivity contribution is -0.122. The van der Waals surface area contributed by atoms with Gasteiger partial charge in [-0.1, -0.05) is 0 Å². The average Bonchev–Trinajstić information content (AvgIpc) is 2.77. The normalized spacial score (nSPS) is 10.0. The van der Waals surface area contributed by atoms with Crippen LogP contribution in [0.5, 0.6) is 0 Å². The predicted molar refractivity (Wildman–Crippen MR) is 61.4 cm³/mol. The van der Waals surface area contributed by atoms with Crippen molar-refractivity contribution in [3.05, 3.63) is 16.1 Å². The molecule has 2 amide bonds. The Balaban J connectivity index is 2.32. The molecular formula is C9H11N3O5S. The topological polar surface area (TPSA) is 132 Å². The molecule has 0 saturated carbocycles. The summed E-state index contributed by atoms with van der Waals surface area (Å²) in [6.07, 6.45) is 0. The van der Waals surface area contributed by atoms with E-state index in [1.807, 2.05) is 0 Å². The van der Waals surface area contributed by atoms with Crippen molar-refractivity contribution in [1.82, 2.24) is 10.3 Å². The Hall–Kier alpha value is -2.00. The fraction of sp³-hybridized carbons (Fsp3) is 0.333. The smallest absolute Gasteiger partial charge is 0.355 e. The fourth-order valence-corrected chi connectivity index (χ4v) is 1.67. The number of nitrogens with zero attached hydrogens (tertiary/aromatic N) is 1. The van der Waals surface area contributed by atoms with Crippen molar-refractivity contribution in [1.29, 1.82) is 0 Å². The van der Waals surface area contributed by atoms with Crippen LogP contribution >= 0.6 is 11.3 Å². The summed E-state index contributed by atoms with van der Waals surface area (Å²) < 4.78 is 4.82. The molecule has 1 heterocycles. The van der Waals surface area contributed by atoms with Crippen molar-refractivity contribution in [2.24, 2.45) is 5.73 Å². The van der Waals surface area contributed by atoms with E-state index >= 15 is 0 Å². The van der Waals surface area contributed by atoms with Crippen molar-refractivity contribution in [3.63, 3.8) is 0 Å². The highest BCUT2D eigenvalue weighted by Gasteiger charge is 2.13. The quantitative estimate of drug-likeness (QED) is 0.550. The Morgan fingerprint density at radius 2 is 2.22 bits per heavy atom. The Kier molecular flexibility index (Phi) is 5.21. The van der Waals surface area contributed by atoms with Gasteiger partial charge in [-0.05, 0) is 0 Å². The van der Waals surface area contributed by atoms with Crippen molar-refractivity contribution >= 4 is 29.1 Å². The third-order valence-electron chi connectivity index (χ3n) is 1.69. The van der Waals surface area contributed by atoms with Gasteiger partial charge < -0.3 is 20.9 Å². The van der Waals surface area contributed by atoms with E-state index in [0.717, 1.165) is 11.3 Å². The van der Waals surface area contributed by atoms with Crippen molar-refractivity contribution in [2.45, 2.75) is 0 Å². The maximum atomic E-state index is 11.5. The minimum absolute atomic E-state index is 0.0577. The number of primary amides is 1. The maximum Gasteiger partial charge on any atom is 0.355 e. The Labute approximate surface area is 106 Å². The van der Waals surface area contributed by atoms with Crippen LogP contribution in [-0.2, 0) is 9.53 Å². The number of thiazole rings is 1. The fourth-order valence-electron chi connectivity index (χ4n) is 0.961. The highest BCUT2D eigenvalue weighted by Crippen LogP contribution is 2.09. The number of hydrogen-bond donors (Lipinski definition) is 3. The summed E-state index contributed by atoms with van der Waals surface area (Å²) in [6, 6.07) is 0. The number of carboxylic acids is 1. The molecule has 0 aliphatic heterocycles. The van der Waals surface area contributed by atoms with Gasteiger partial charge in [0.1, 0.15) is 6.61 Å². The standard InChI is InChI=1S/C9H11N3O5S/c10-6(13)3-17-2-1-11-7(14)8-12-5(4-18-8)9(15)16/h4H,1-3H2,(H2,10,13)(H,11,14)(H,15,16). The predicted octanol–water partition coefficient (Wildman–Crippen LogP) is -0.927. The number of carboxylic acid groups (broad SMARTS) is 1. The van der Waals surface area contributed by atoms with Gasteiger partial charge in [0.15, 0.2) is 10.7 Å². The summed E-state index contributed by atoms with van der Waals surface area (Å²) in [4.78, 5) is 36.0. The molecule has 8 nitrogen and oxygen atoms in total. The van der Waals surface area contributed by atoms with Crippen LogP contribution in [0.1, 0.15) is 20.3 Å². The number of aromatic carboxylic acids is 1. The zero-order chi connectivity index (χ0) is 13.5. The van der Waals surface area contributed by atoms with Crippen molar-refractivity contribution in [2.75, 3.05) is 19.8 Å². The second-order valence-electron chi connectivity index (χ2n) is 3.12. The SMILES string of the molecule is NC(=O)COCCNC(=O)c1nc(C(=O)O)cs1. The number of rotatable bonds is 7. The molecule has 9 heteroatoms.